The van der Waals surface area contributed by atoms with Gasteiger partial charge in [0.15, 0.2) is 0 Å². The number of rotatable bonds is 3. The first kappa shape index (κ1) is 15.1. The molecule has 0 spiro atoms. The van der Waals surface area contributed by atoms with Crippen LogP contribution >= 0.6 is 0 Å². The molecule has 1 unspecified atom stereocenters. The molecule has 1 N–H and O–H groups in total. The lowest BCUT2D eigenvalue weighted by atomic mass is 9.97. The predicted octanol–water partition coefficient (Wildman–Crippen LogP) is 2.91. The number of hydrogen-bond acceptors (Lipinski definition) is 3. The van der Waals surface area contributed by atoms with Crippen molar-refractivity contribution in [2.24, 2.45) is 0 Å². The first-order valence-corrected chi connectivity index (χ1v) is 8.91. The van der Waals surface area contributed by atoms with Gasteiger partial charge < -0.3 is 5.32 Å². The summed E-state index contributed by atoms with van der Waals surface area (Å²) in [5.41, 5.74) is 2.53. The molecule has 0 bridgehead atoms. The van der Waals surface area contributed by atoms with Crippen LogP contribution in [0.5, 0.6) is 0 Å². The molecule has 0 aliphatic carbocycles. The molecule has 1 atom stereocenters. The molecule has 0 saturated heterocycles. The number of fused-ring (bicyclic) bond motifs is 2. The number of nitrogens with one attached hydrogen (secondary N) is 1. The zero-order chi connectivity index (χ0) is 15.7. The van der Waals surface area contributed by atoms with Crippen LogP contribution in [0.25, 0.3) is 0 Å². The third-order valence-corrected chi connectivity index (χ3v) is 5.90. The molecule has 0 radical (unpaired) electrons. The lowest BCUT2D eigenvalue weighted by molar-refractivity contribution is 0.582. The van der Waals surface area contributed by atoms with Crippen LogP contribution in [0.15, 0.2) is 53.4 Å². The molecule has 0 saturated carbocycles. The van der Waals surface area contributed by atoms with Gasteiger partial charge in [-0.05, 0) is 36.2 Å². The highest BCUT2D eigenvalue weighted by Crippen LogP contribution is 2.39. The van der Waals surface area contributed by atoms with Gasteiger partial charge >= 0.3 is 0 Å². The van der Waals surface area contributed by atoms with E-state index in [1.165, 1.54) is 4.31 Å². The van der Waals surface area contributed by atoms with Crippen molar-refractivity contribution in [3.05, 3.63) is 59.7 Å². The standard InChI is InChI=1S/C17H20N2O2S/c1-3-12-18-17-13-8-4-6-10-15(13)19(2)22(20,21)16-11-7-5-9-14(16)17/h4-11,17-18H,3,12H2,1-2H3. The van der Waals surface area contributed by atoms with Gasteiger partial charge in [-0.25, -0.2) is 8.42 Å². The Kier molecular flexibility index (Phi) is 3.93. The Hall–Kier alpha value is -1.85. The number of nitrogens with zero attached hydrogens (tertiary/aromatic N) is 1. The maximum Gasteiger partial charge on any atom is 0.264 e. The van der Waals surface area contributed by atoms with Gasteiger partial charge in [-0.2, -0.15) is 0 Å². The Morgan fingerprint density at radius 3 is 2.41 bits per heavy atom. The van der Waals surface area contributed by atoms with E-state index in [-0.39, 0.29) is 6.04 Å². The summed E-state index contributed by atoms with van der Waals surface area (Å²) >= 11 is 0. The van der Waals surface area contributed by atoms with Crippen molar-refractivity contribution < 1.29 is 8.42 Å². The van der Waals surface area contributed by atoms with Crippen molar-refractivity contribution in [3.63, 3.8) is 0 Å². The molecule has 22 heavy (non-hydrogen) atoms. The first-order chi connectivity index (χ1) is 10.6. The molecule has 2 aromatic carbocycles. The summed E-state index contributed by atoms with van der Waals surface area (Å²) in [6.45, 7) is 2.93. The molecular formula is C17H20N2O2S. The summed E-state index contributed by atoms with van der Waals surface area (Å²) in [6.07, 6.45) is 0.990. The molecule has 0 fully saturated rings. The monoisotopic (exact) mass is 316 g/mol. The summed E-state index contributed by atoms with van der Waals surface area (Å²) in [6, 6.07) is 14.8. The second-order valence-corrected chi connectivity index (χ2v) is 7.39. The van der Waals surface area contributed by atoms with Crippen molar-refractivity contribution in [2.45, 2.75) is 24.3 Å². The quantitative estimate of drug-likeness (QED) is 0.947. The van der Waals surface area contributed by atoms with Gasteiger partial charge in [0.25, 0.3) is 10.0 Å². The zero-order valence-corrected chi connectivity index (χ0v) is 13.6. The fraction of sp³-hybridized carbons (Fsp3) is 0.294. The molecule has 0 aromatic heterocycles. The van der Waals surface area contributed by atoms with E-state index in [4.69, 9.17) is 0 Å². The van der Waals surface area contributed by atoms with Gasteiger partial charge in [-0.15, -0.1) is 0 Å². The maximum absolute atomic E-state index is 12.9. The van der Waals surface area contributed by atoms with Gasteiger partial charge in [0, 0.05) is 7.05 Å². The second-order valence-electron chi connectivity index (χ2n) is 5.46. The number of hydrogen-bond donors (Lipinski definition) is 1. The van der Waals surface area contributed by atoms with E-state index in [2.05, 4.69) is 12.2 Å². The minimum atomic E-state index is -3.54. The lowest BCUT2D eigenvalue weighted by Crippen LogP contribution is -2.26. The second kappa shape index (κ2) is 5.74. The molecule has 2 aromatic rings. The summed E-state index contributed by atoms with van der Waals surface area (Å²) < 4.78 is 27.2. The molecule has 5 heteroatoms. The Labute approximate surface area is 131 Å². The van der Waals surface area contributed by atoms with Crippen LogP contribution in [0.1, 0.15) is 30.5 Å². The van der Waals surface area contributed by atoms with E-state index in [0.29, 0.717) is 4.90 Å². The minimum absolute atomic E-state index is 0.118. The minimum Gasteiger partial charge on any atom is -0.306 e. The van der Waals surface area contributed by atoms with Crippen LogP contribution in [-0.2, 0) is 10.0 Å². The van der Waals surface area contributed by atoms with Crippen LogP contribution in [0, 0.1) is 0 Å². The van der Waals surface area contributed by atoms with Gasteiger partial charge in [0.2, 0.25) is 0 Å². The van der Waals surface area contributed by atoms with Crippen molar-refractivity contribution in [1.82, 2.24) is 5.32 Å². The largest absolute Gasteiger partial charge is 0.306 e. The van der Waals surface area contributed by atoms with Crippen molar-refractivity contribution in [1.29, 1.82) is 0 Å². The molecule has 4 nitrogen and oxygen atoms in total. The Bertz CT molecular complexity index is 787. The maximum atomic E-state index is 12.9. The van der Waals surface area contributed by atoms with Crippen LogP contribution in [0.2, 0.25) is 0 Å². The van der Waals surface area contributed by atoms with Crippen LogP contribution in [-0.4, -0.2) is 22.0 Å². The van der Waals surface area contributed by atoms with Crippen LogP contribution in [0.4, 0.5) is 5.69 Å². The van der Waals surface area contributed by atoms with Gasteiger partial charge in [0.1, 0.15) is 0 Å². The van der Waals surface area contributed by atoms with E-state index >= 15 is 0 Å². The van der Waals surface area contributed by atoms with Gasteiger partial charge in [-0.1, -0.05) is 43.3 Å². The van der Waals surface area contributed by atoms with Crippen LogP contribution < -0.4 is 9.62 Å². The van der Waals surface area contributed by atoms with E-state index in [9.17, 15) is 8.42 Å². The molecular weight excluding hydrogens is 296 g/mol. The number of sulfonamides is 1. The van der Waals surface area contributed by atoms with Crippen molar-refractivity contribution in [2.75, 3.05) is 17.9 Å². The number of benzene rings is 2. The van der Waals surface area contributed by atoms with Gasteiger partial charge in [0.05, 0.1) is 16.6 Å². The fourth-order valence-corrected chi connectivity index (χ4v) is 4.38. The highest BCUT2D eigenvalue weighted by Gasteiger charge is 2.34. The average Bonchev–Trinajstić information content (AvgIpc) is 2.61. The smallest absolute Gasteiger partial charge is 0.264 e. The fourth-order valence-electron chi connectivity index (χ4n) is 2.93. The first-order valence-electron chi connectivity index (χ1n) is 7.47. The van der Waals surface area contributed by atoms with Crippen LogP contribution in [0.3, 0.4) is 0 Å². The summed E-state index contributed by atoms with van der Waals surface area (Å²) in [5.74, 6) is 0. The van der Waals surface area contributed by atoms with Gasteiger partial charge in [-0.3, -0.25) is 4.31 Å². The highest BCUT2D eigenvalue weighted by molar-refractivity contribution is 7.92. The van der Waals surface area contributed by atoms with E-state index in [1.807, 2.05) is 36.4 Å². The molecule has 0 amide bonds. The number of para-hydroxylation sites is 1. The summed E-state index contributed by atoms with van der Waals surface area (Å²) in [4.78, 5) is 0.377. The summed E-state index contributed by atoms with van der Waals surface area (Å²) in [7, 11) is -1.92. The molecule has 1 heterocycles. The third-order valence-electron chi connectivity index (χ3n) is 4.05. The van der Waals surface area contributed by atoms with E-state index in [1.54, 1.807) is 19.2 Å². The number of anilines is 1. The normalized spacial score (nSPS) is 19.2. The molecule has 1 aliphatic heterocycles. The molecule has 116 valence electrons. The van der Waals surface area contributed by atoms with E-state index in [0.717, 1.165) is 29.8 Å². The van der Waals surface area contributed by atoms with Crippen molar-refractivity contribution in [3.8, 4) is 0 Å². The van der Waals surface area contributed by atoms with E-state index < -0.39 is 10.0 Å². The Morgan fingerprint density at radius 2 is 1.68 bits per heavy atom. The molecule has 1 aliphatic rings. The SMILES string of the molecule is CCCNC1c2ccccc2N(C)S(=O)(=O)c2ccccc21. The topological polar surface area (TPSA) is 49.4 Å². The lowest BCUT2D eigenvalue weighted by Gasteiger charge is -2.21. The Morgan fingerprint density at radius 1 is 1.05 bits per heavy atom. The van der Waals surface area contributed by atoms with Crippen molar-refractivity contribution >= 4 is 15.7 Å². The Balaban J connectivity index is 2.30. The highest BCUT2D eigenvalue weighted by atomic mass is 32.2. The average molecular weight is 316 g/mol. The summed E-state index contributed by atoms with van der Waals surface area (Å²) in [5, 5.41) is 3.49. The molecule has 3 rings (SSSR count). The zero-order valence-electron chi connectivity index (χ0n) is 12.8. The predicted molar refractivity (Wildman–Crippen MR) is 88.6 cm³/mol. The third kappa shape index (κ3) is 2.30.